The summed E-state index contributed by atoms with van der Waals surface area (Å²) >= 11 is 0. The van der Waals surface area contributed by atoms with E-state index in [2.05, 4.69) is 4.98 Å². The molecule has 1 saturated carbocycles. The summed E-state index contributed by atoms with van der Waals surface area (Å²) in [6.07, 6.45) is 5.47. The Morgan fingerprint density at radius 1 is 1.28 bits per heavy atom. The fraction of sp³-hybridized carbons (Fsp3) is 0.278. The highest BCUT2D eigenvalue weighted by atomic mass is 16.4. The second-order valence-electron chi connectivity index (χ2n) is 6.73. The Hall–Kier alpha value is -2.51. The minimum absolute atomic E-state index is 0.0407. The van der Waals surface area contributed by atoms with Gasteiger partial charge in [-0.3, -0.25) is 14.6 Å². The van der Waals surface area contributed by atoms with Crippen molar-refractivity contribution in [2.75, 3.05) is 11.4 Å². The summed E-state index contributed by atoms with van der Waals surface area (Å²) in [7, 11) is -1.75. The van der Waals surface area contributed by atoms with Gasteiger partial charge in [0.1, 0.15) is 6.29 Å². The molecule has 1 amide bonds. The molecule has 4 rings (SSSR count). The zero-order chi connectivity index (χ0) is 17.6. The number of hydrogen-bond acceptors (Lipinski definition) is 5. The summed E-state index contributed by atoms with van der Waals surface area (Å²) in [4.78, 5) is 30.5. The highest BCUT2D eigenvalue weighted by Gasteiger charge is 2.49. The summed E-state index contributed by atoms with van der Waals surface area (Å²) in [6.45, 7) is 0.596. The number of rotatable bonds is 3. The zero-order valence-electron chi connectivity index (χ0n) is 13.6. The smallest absolute Gasteiger partial charge is 0.423 e. The van der Waals surface area contributed by atoms with Crippen LogP contribution in [0.15, 0.2) is 36.5 Å². The molecule has 1 aromatic carbocycles. The molecule has 6 nitrogen and oxygen atoms in total. The van der Waals surface area contributed by atoms with Crippen LogP contribution in [0.4, 0.5) is 5.69 Å². The van der Waals surface area contributed by atoms with Crippen molar-refractivity contribution in [1.82, 2.24) is 4.98 Å². The fourth-order valence-corrected chi connectivity index (χ4v) is 3.87. The minimum atomic E-state index is -1.75. The Morgan fingerprint density at radius 3 is 2.72 bits per heavy atom. The Labute approximate surface area is 145 Å². The molecule has 1 aliphatic carbocycles. The summed E-state index contributed by atoms with van der Waals surface area (Å²) in [5.74, 6) is -0.208. The topological polar surface area (TPSA) is 90.7 Å². The van der Waals surface area contributed by atoms with Crippen LogP contribution in [0.1, 0.15) is 45.7 Å². The molecule has 2 heterocycles. The summed E-state index contributed by atoms with van der Waals surface area (Å²) in [6, 6.07) is 8.05. The molecule has 1 spiro atoms. The van der Waals surface area contributed by atoms with Gasteiger partial charge >= 0.3 is 7.12 Å². The third-order valence-electron chi connectivity index (χ3n) is 5.34. The lowest BCUT2D eigenvalue weighted by molar-refractivity contribution is 0.0979. The van der Waals surface area contributed by atoms with Crippen molar-refractivity contribution in [3.05, 3.63) is 53.3 Å². The molecule has 1 aromatic heterocycles. The van der Waals surface area contributed by atoms with Gasteiger partial charge in [0.2, 0.25) is 0 Å². The molecule has 0 unspecified atom stereocenters. The van der Waals surface area contributed by atoms with E-state index in [0.29, 0.717) is 18.4 Å². The largest absolute Gasteiger partial charge is 0.489 e. The Bertz CT molecular complexity index is 864. The van der Waals surface area contributed by atoms with Gasteiger partial charge in [-0.15, -0.1) is 0 Å². The molecule has 1 aliphatic heterocycles. The number of hydrogen-bond donors (Lipinski definition) is 2. The van der Waals surface area contributed by atoms with E-state index in [0.717, 1.165) is 30.6 Å². The summed E-state index contributed by atoms with van der Waals surface area (Å²) in [5, 5.41) is 18.6. The van der Waals surface area contributed by atoms with Crippen LogP contribution in [-0.4, -0.2) is 40.9 Å². The highest BCUT2D eigenvalue weighted by molar-refractivity contribution is 6.60. The van der Waals surface area contributed by atoms with Gasteiger partial charge in [0, 0.05) is 29.3 Å². The van der Waals surface area contributed by atoms with E-state index in [1.807, 2.05) is 12.1 Å². The SMILES string of the molecule is O=Cc1cc(C(=O)N2CC3(CCC3)c3ncccc32)ccc1B(O)O. The second kappa shape index (κ2) is 5.79. The number of pyridine rings is 1. The van der Waals surface area contributed by atoms with Crippen LogP contribution in [0, 0.1) is 0 Å². The van der Waals surface area contributed by atoms with Crippen molar-refractivity contribution in [3.63, 3.8) is 0 Å². The highest BCUT2D eigenvalue weighted by Crippen LogP contribution is 2.51. The average Bonchev–Trinajstić information content (AvgIpc) is 2.96. The summed E-state index contributed by atoms with van der Waals surface area (Å²) < 4.78 is 0. The van der Waals surface area contributed by atoms with Crippen molar-refractivity contribution in [2.45, 2.75) is 24.7 Å². The van der Waals surface area contributed by atoms with Gasteiger partial charge in [-0.1, -0.05) is 12.5 Å². The van der Waals surface area contributed by atoms with E-state index in [-0.39, 0.29) is 22.3 Å². The van der Waals surface area contributed by atoms with Crippen molar-refractivity contribution >= 4 is 30.5 Å². The van der Waals surface area contributed by atoms with Crippen molar-refractivity contribution < 1.29 is 19.6 Å². The quantitative estimate of drug-likeness (QED) is 0.635. The average molecular weight is 336 g/mol. The fourth-order valence-electron chi connectivity index (χ4n) is 3.87. The van der Waals surface area contributed by atoms with Gasteiger partial charge in [-0.05, 0) is 42.6 Å². The Balaban J connectivity index is 1.72. The molecular weight excluding hydrogens is 319 g/mol. The van der Waals surface area contributed by atoms with E-state index in [9.17, 15) is 19.6 Å². The van der Waals surface area contributed by atoms with E-state index < -0.39 is 7.12 Å². The van der Waals surface area contributed by atoms with E-state index in [4.69, 9.17) is 0 Å². The van der Waals surface area contributed by atoms with Crippen LogP contribution in [0.5, 0.6) is 0 Å². The predicted octanol–water partition coefficient (Wildman–Crippen LogP) is 0.656. The first-order valence-electron chi connectivity index (χ1n) is 8.28. The number of aromatic nitrogens is 1. The van der Waals surface area contributed by atoms with Crippen LogP contribution in [0.2, 0.25) is 0 Å². The van der Waals surface area contributed by atoms with Crippen molar-refractivity contribution in [1.29, 1.82) is 0 Å². The molecular formula is C18H17BN2O4. The molecule has 0 radical (unpaired) electrons. The normalized spacial score (nSPS) is 17.1. The van der Waals surface area contributed by atoms with Crippen LogP contribution in [0.25, 0.3) is 0 Å². The number of nitrogens with zero attached hydrogens (tertiary/aromatic N) is 2. The van der Waals surface area contributed by atoms with E-state index in [1.165, 1.54) is 18.2 Å². The number of aldehydes is 1. The Kier molecular flexibility index (Phi) is 3.70. The first-order chi connectivity index (χ1) is 12.1. The van der Waals surface area contributed by atoms with Crippen molar-refractivity contribution in [2.24, 2.45) is 0 Å². The standard InChI is InChI=1S/C18H17BN2O4/c22-10-13-9-12(4-5-14(13)19(24)25)17(23)21-11-18(6-2-7-18)16-15(21)3-1-8-20-16/h1,3-5,8-10,24-25H,2,6-7,11H2. The number of fused-ring (bicyclic) bond motifs is 2. The van der Waals surface area contributed by atoms with Gasteiger partial charge < -0.3 is 14.9 Å². The third kappa shape index (κ3) is 2.39. The zero-order valence-corrected chi connectivity index (χ0v) is 13.6. The first kappa shape index (κ1) is 16.0. The molecule has 0 bridgehead atoms. The lowest BCUT2D eigenvalue weighted by atomic mass is 9.67. The maximum absolute atomic E-state index is 13.0. The number of carbonyl (C=O) groups is 2. The van der Waals surface area contributed by atoms with E-state index in [1.54, 1.807) is 11.1 Å². The molecule has 0 atom stereocenters. The number of amides is 1. The number of benzene rings is 1. The van der Waals surface area contributed by atoms with Gasteiger partial charge in [0.05, 0.1) is 11.4 Å². The van der Waals surface area contributed by atoms with Gasteiger partial charge in [0.15, 0.2) is 0 Å². The van der Waals surface area contributed by atoms with Crippen LogP contribution in [0.3, 0.4) is 0 Å². The maximum Gasteiger partial charge on any atom is 0.489 e. The molecule has 2 aromatic rings. The van der Waals surface area contributed by atoms with Crippen LogP contribution in [-0.2, 0) is 5.41 Å². The maximum atomic E-state index is 13.0. The Morgan fingerprint density at radius 2 is 2.08 bits per heavy atom. The lowest BCUT2D eigenvalue weighted by Crippen LogP contribution is -2.42. The third-order valence-corrected chi connectivity index (χ3v) is 5.34. The second-order valence-corrected chi connectivity index (χ2v) is 6.73. The summed E-state index contributed by atoms with van der Waals surface area (Å²) in [5.41, 5.74) is 2.30. The molecule has 1 fully saturated rings. The first-order valence-corrected chi connectivity index (χ1v) is 8.28. The van der Waals surface area contributed by atoms with Gasteiger partial charge in [0.25, 0.3) is 5.91 Å². The minimum Gasteiger partial charge on any atom is -0.423 e. The molecule has 126 valence electrons. The predicted molar refractivity (Wildman–Crippen MR) is 93.1 cm³/mol. The van der Waals surface area contributed by atoms with Crippen LogP contribution >= 0.6 is 0 Å². The lowest BCUT2D eigenvalue weighted by Gasteiger charge is -2.37. The number of anilines is 1. The van der Waals surface area contributed by atoms with Gasteiger partial charge in [-0.25, -0.2) is 0 Å². The van der Waals surface area contributed by atoms with Gasteiger partial charge in [-0.2, -0.15) is 0 Å². The molecule has 0 saturated heterocycles. The molecule has 7 heteroatoms. The number of carbonyl (C=O) groups excluding carboxylic acids is 2. The van der Waals surface area contributed by atoms with Crippen molar-refractivity contribution in [3.8, 4) is 0 Å². The monoisotopic (exact) mass is 336 g/mol. The molecule has 2 N–H and O–H groups in total. The molecule has 2 aliphatic rings. The van der Waals surface area contributed by atoms with Crippen LogP contribution < -0.4 is 10.4 Å². The van der Waals surface area contributed by atoms with E-state index >= 15 is 0 Å². The molecule has 25 heavy (non-hydrogen) atoms.